The molecule has 7 heteroatoms. The maximum Gasteiger partial charge on any atom is 0.287 e. The van der Waals surface area contributed by atoms with E-state index < -0.39 is 25.0 Å². The summed E-state index contributed by atoms with van der Waals surface area (Å²) in [7, 11) is 0. The van der Waals surface area contributed by atoms with Crippen LogP contribution in [-0.2, 0) is 0 Å². The Kier molecular flexibility index (Phi) is 4.85. The molecular formula is C10H9BrClF2NO2. The number of carbonyl (C=O) groups excluding carboxylic acids is 1. The van der Waals surface area contributed by atoms with E-state index in [2.05, 4.69) is 15.9 Å². The first kappa shape index (κ1) is 14.3. The largest absolute Gasteiger partial charge is 0.390 e. The monoisotopic (exact) mass is 327 g/mol. The summed E-state index contributed by atoms with van der Waals surface area (Å²) in [5.74, 6) is -4.05. The van der Waals surface area contributed by atoms with E-state index in [0.29, 0.717) is 4.47 Å². The van der Waals surface area contributed by atoms with Crippen LogP contribution < -0.4 is 5.32 Å². The van der Waals surface area contributed by atoms with Crippen molar-refractivity contribution in [3.8, 4) is 0 Å². The van der Waals surface area contributed by atoms with Gasteiger partial charge in [-0.25, -0.2) is 8.78 Å². The summed E-state index contributed by atoms with van der Waals surface area (Å²) >= 11 is 8.94. The number of benzene rings is 1. The van der Waals surface area contributed by atoms with Crippen molar-refractivity contribution in [3.05, 3.63) is 33.3 Å². The standard InChI is InChI=1S/C10H9BrClF2NO2/c11-6-1-2-7(8(12)3-6)9(17)15-4-10(13,14)5-16/h1-3,16H,4-5H2,(H,15,17). The van der Waals surface area contributed by atoms with Crippen LogP contribution in [0.25, 0.3) is 0 Å². The van der Waals surface area contributed by atoms with Crippen molar-refractivity contribution in [1.82, 2.24) is 5.32 Å². The topological polar surface area (TPSA) is 49.3 Å². The maximum absolute atomic E-state index is 12.7. The van der Waals surface area contributed by atoms with Gasteiger partial charge >= 0.3 is 0 Å². The van der Waals surface area contributed by atoms with Gasteiger partial charge in [0.2, 0.25) is 0 Å². The number of halogens is 4. The number of aliphatic hydroxyl groups is 1. The van der Waals surface area contributed by atoms with Crippen LogP contribution in [0.3, 0.4) is 0 Å². The van der Waals surface area contributed by atoms with Crippen molar-refractivity contribution < 1.29 is 18.7 Å². The zero-order chi connectivity index (χ0) is 13.1. The molecule has 2 N–H and O–H groups in total. The lowest BCUT2D eigenvalue weighted by atomic mass is 10.2. The molecule has 0 aliphatic carbocycles. The summed E-state index contributed by atoms with van der Waals surface area (Å²) in [5.41, 5.74) is 0.101. The van der Waals surface area contributed by atoms with Gasteiger partial charge in [-0.3, -0.25) is 4.79 Å². The number of nitrogens with one attached hydrogen (secondary N) is 1. The third-order valence-electron chi connectivity index (χ3n) is 1.91. The molecule has 17 heavy (non-hydrogen) atoms. The first-order valence-corrected chi connectivity index (χ1v) is 5.75. The Morgan fingerprint density at radius 2 is 2.18 bits per heavy atom. The van der Waals surface area contributed by atoms with Gasteiger partial charge in [-0.2, -0.15) is 0 Å². The second kappa shape index (κ2) is 5.75. The normalized spacial score (nSPS) is 11.4. The lowest BCUT2D eigenvalue weighted by Gasteiger charge is -2.14. The predicted molar refractivity (Wildman–Crippen MR) is 63.5 cm³/mol. The number of hydrogen-bond acceptors (Lipinski definition) is 2. The Balaban J connectivity index is 2.71. The quantitative estimate of drug-likeness (QED) is 0.892. The predicted octanol–water partition coefficient (Wildman–Crippen LogP) is 2.46. The van der Waals surface area contributed by atoms with Gasteiger partial charge in [-0.05, 0) is 18.2 Å². The molecule has 0 unspecified atom stereocenters. The second-order valence-corrected chi connectivity index (χ2v) is 4.64. The first-order valence-electron chi connectivity index (χ1n) is 4.57. The van der Waals surface area contributed by atoms with Crippen molar-refractivity contribution in [2.24, 2.45) is 0 Å². The van der Waals surface area contributed by atoms with Crippen LogP contribution in [0, 0.1) is 0 Å². The maximum atomic E-state index is 12.7. The molecule has 0 atom stereocenters. The van der Waals surface area contributed by atoms with Crippen LogP contribution in [0.5, 0.6) is 0 Å². The van der Waals surface area contributed by atoms with E-state index in [4.69, 9.17) is 16.7 Å². The van der Waals surface area contributed by atoms with Gasteiger partial charge < -0.3 is 10.4 Å². The smallest absolute Gasteiger partial charge is 0.287 e. The number of hydrogen-bond donors (Lipinski definition) is 2. The van der Waals surface area contributed by atoms with E-state index >= 15 is 0 Å². The highest BCUT2D eigenvalue weighted by molar-refractivity contribution is 9.10. The minimum atomic E-state index is -3.34. The molecule has 1 aromatic rings. The summed E-state index contributed by atoms with van der Waals surface area (Å²) in [6.07, 6.45) is 0. The Bertz CT molecular complexity index is 429. The lowest BCUT2D eigenvalue weighted by molar-refractivity contribution is -0.0462. The van der Waals surface area contributed by atoms with E-state index in [9.17, 15) is 13.6 Å². The van der Waals surface area contributed by atoms with Gasteiger partial charge in [0.15, 0.2) is 0 Å². The van der Waals surface area contributed by atoms with Crippen molar-refractivity contribution in [3.63, 3.8) is 0 Å². The number of alkyl halides is 2. The number of rotatable bonds is 4. The van der Waals surface area contributed by atoms with E-state index in [1.807, 2.05) is 5.32 Å². The average Bonchev–Trinajstić information content (AvgIpc) is 2.26. The summed E-state index contributed by atoms with van der Waals surface area (Å²) in [5, 5.41) is 10.5. The summed E-state index contributed by atoms with van der Waals surface area (Å²) in [6, 6.07) is 4.48. The van der Waals surface area contributed by atoms with Gasteiger partial charge in [0.1, 0.15) is 6.61 Å². The molecule has 0 fully saturated rings. The molecule has 0 spiro atoms. The van der Waals surface area contributed by atoms with E-state index in [1.165, 1.54) is 12.1 Å². The second-order valence-electron chi connectivity index (χ2n) is 3.32. The molecule has 0 aliphatic rings. The lowest BCUT2D eigenvalue weighted by Crippen LogP contribution is -2.39. The van der Waals surface area contributed by atoms with Gasteiger partial charge in [0.25, 0.3) is 11.8 Å². The van der Waals surface area contributed by atoms with Crippen molar-refractivity contribution >= 4 is 33.4 Å². The van der Waals surface area contributed by atoms with Crippen molar-refractivity contribution in [2.45, 2.75) is 5.92 Å². The van der Waals surface area contributed by atoms with E-state index in [0.717, 1.165) is 0 Å². The first-order chi connectivity index (χ1) is 7.85. The molecule has 0 saturated carbocycles. The van der Waals surface area contributed by atoms with Gasteiger partial charge in [-0.1, -0.05) is 27.5 Å². The summed E-state index contributed by atoms with van der Waals surface area (Å²) < 4.78 is 26.1. The fourth-order valence-electron chi connectivity index (χ4n) is 1.03. The van der Waals surface area contributed by atoms with Gasteiger partial charge in [0.05, 0.1) is 17.1 Å². The zero-order valence-electron chi connectivity index (χ0n) is 8.51. The number of amides is 1. The van der Waals surface area contributed by atoms with Crippen LogP contribution in [0.2, 0.25) is 5.02 Å². The fourth-order valence-corrected chi connectivity index (χ4v) is 1.79. The third-order valence-corrected chi connectivity index (χ3v) is 2.72. The number of aliphatic hydroxyl groups excluding tert-OH is 1. The molecule has 3 nitrogen and oxygen atoms in total. The van der Waals surface area contributed by atoms with Crippen LogP contribution >= 0.6 is 27.5 Å². The Labute approximate surface area is 110 Å². The van der Waals surface area contributed by atoms with Crippen molar-refractivity contribution in [2.75, 3.05) is 13.2 Å². The SMILES string of the molecule is O=C(NCC(F)(F)CO)c1ccc(Br)cc1Cl. The molecule has 1 rings (SSSR count). The average molecular weight is 329 g/mol. The molecular weight excluding hydrogens is 319 g/mol. The molecule has 0 bridgehead atoms. The number of carbonyl (C=O) groups is 1. The van der Waals surface area contributed by atoms with Gasteiger partial charge in [0, 0.05) is 4.47 Å². The molecule has 94 valence electrons. The molecule has 0 aromatic heterocycles. The minimum absolute atomic E-state index is 0.101. The third kappa shape index (κ3) is 4.22. The van der Waals surface area contributed by atoms with Gasteiger partial charge in [-0.15, -0.1) is 0 Å². The Morgan fingerprint density at radius 3 is 2.71 bits per heavy atom. The van der Waals surface area contributed by atoms with Crippen LogP contribution in [0.4, 0.5) is 8.78 Å². The van der Waals surface area contributed by atoms with Crippen LogP contribution in [0.15, 0.2) is 22.7 Å². The summed E-state index contributed by atoms with van der Waals surface area (Å²) in [4.78, 5) is 11.5. The van der Waals surface area contributed by atoms with Crippen molar-refractivity contribution in [1.29, 1.82) is 0 Å². The highest BCUT2D eigenvalue weighted by Crippen LogP contribution is 2.21. The Morgan fingerprint density at radius 1 is 1.53 bits per heavy atom. The molecule has 0 radical (unpaired) electrons. The molecule has 0 heterocycles. The van der Waals surface area contributed by atoms with E-state index in [-0.39, 0.29) is 10.6 Å². The zero-order valence-corrected chi connectivity index (χ0v) is 10.9. The minimum Gasteiger partial charge on any atom is -0.390 e. The molecule has 0 saturated heterocycles. The Hall–Kier alpha value is -0.720. The molecule has 1 aromatic carbocycles. The summed E-state index contributed by atoms with van der Waals surface area (Å²) in [6.45, 7) is -2.25. The highest BCUT2D eigenvalue weighted by Gasteiger charge is 2.28. The fraction of sp³-hybridized carbons (Fsp3) is 0.300. The van der Waals surface area contributed by atoms with E-state index in [1.54, 1.807) is 6.07 Å². The molecule has 1 amide bonds. The van der Waals surface area contributed by atoms with Crippen LogP contribution in [0.1, 0.15) is 10.4 Å². The molecule has 0 aliphatic heterocycles. The van der Waals surface area contributed by atoms with Crippen LogP contribution in [-0.4, -0.2) is 30.1 Å². The highest BCUT2D eigenvalue weighted by atomic mass is 79.9.